The summed E-state index contributed by atoms with van der Waals surface area (Å²) in [6.45, 7) is 0. The number of hydrogen-bond donors (Lipinski definition) is 0. The van der Waals surface area contributed by atoms with Gasteiger partial charge in [-0.15, -0.1) is 11.6 Å². The highest BCUT2D eigenvalue weighted by Crippen LogP contribution is 2.40. The molecule has 1 aromatic rings. The monoisotopic (exact) mass is 312 g/mol. The van der Waals surface area contributed by atoms with Crippen molar-refractivity contribution in [2.45, 2.75) is 11.8 Å². The number of alkyl halides is 1. The molecule has 2 atom stereocenters. The first-order chi connectivity index (χ1) is 7.89. The van der Waals surface area contributed by atoms with Gasteiger partial charge >= 0.3 is 0 Å². The van der Waals surface area contributed by atoms with Crippen molar-refractivity contribution in [2.24, 2.45) is 5.92 Å². The molecule has 1 aliphatic heterocycles. The van der Waals surface area contributed by atoms with Gasteiger partial charge in [-0.3, -0.25) is 0 Å². The Morgan fingerprint density at radius 1 is 1.29 bits per heavy atom. The van der Waals surface area contributed by atoms with Crippen molar-refractivity contribution in [3.63, 3.8) is 0 Å². The molecule has 0 aromatic heterocycles. The maximum absolute atomic E-state index is 11.4. The molecular weight excluding hydrogens is 303 g/mol. The van der Waals surface area contributed by atoms with Crippen molar-refractivity contribution in [2.75, 3.05) is 11.5 Å². The molecule has 17 heavy (non-hydrogen) atoms. The molecule has 0 bridgehead atoms. The van der Waals surface area contributed by atoms with E-state index in [1.807, 2.05) is 0 Å². The molecule has 94 valence electrons. The van der Waals surface area contributed by atoms with E-state index < -0.39 is 15.2 Å². The Morgan fingerprint density at radius 3 is 2.59 bits per heavy atom. The van der Waals surface area contributed by atoms with Crippen LogP contribution < -0.4 is 0 Å². The van der Waals surface area contributed by atoms with Gasteiger partial charge in [-0.05, 0) is 36.1 Å². The highest BCUT2D eigenvalue weighted by molar-refractivity contribution is 7.91. The normalized spacial score (nSPS) is 24.8. The van der Waals surface area contributed by atoms with Gasteiger partial charge in [0.25, 0.3) is 0 Å². The van der Waals surface area contributed by atoms with Gasteiger partial charge in [0.05, 0.1) is 16.9 Å². The van der Waals surface area contributed by atoms with Crippen LogP contribution in [0.2, 0.25) is 10.0 Å². The molecule has 0 radical (unpaired) electrons. The van der Waals surface area contributed by atoms with E-state index in [-0.39, 0.29) is 17.4 Å². The second-order valence-electron chi connectivity index (χ2n) is 4.23. The van der Waals surface area contributed by atoms with Gasteiger partial charge in [0.15, 0.2) is 9.84 Å². The fourth-order valence-electron chi connectivity index (χ4n) is 2.03. The first kappa shape index (κ1) is 13.5. The van der Waals surface area contributed by atoms with Crippen LogP contribution in [0.25, 0.3) is 0 Å². The van der Waals surface area contributed by atoms with E-state index in [0.717, 1.165) is 0 Å². The molecule has 0 aliphatic carbocycles. The SMILES string of the molecule is O=S1(=O)CCC(C(Cl)c2cc(Cl)ccc2Cl)C1. The Hall–Kier alpha value is 0.0400. The van der Waals surface area contributed by atoms with E-state index in [2.05, 4.69) is 0 Å². The lowest BCUT2D eigenvalue weighted by molar-refractivity contribution is 0.569. The van der Waals surface area contributed by atoms with E-state index in [9.17, 15) is 8.42 Å². The lowest BCUT2D eigenvalue weighted by Crippen LogP contribution is -2.10. The highest BCUT2D eigenvalue weighted by atomic mass is 35.5. The van der Waals surface area contributed by atoms with Crippen LogP contribution in [0.3, 0.4) is 0 Å². The Bertz CT molecular complexity index is 528. The largest absolute Gasteiger partial charge is 0.229 e. The summed E-state index contributed by atoms with van der Waals surface area (Å²) in [5.41, 5.74) is 0.711. The molecule has 0 saturated carbocycles. The first-order valence-electron chi connectivity index (χ1n) is 5.18. The van der Waals surface area contributed by atoms with Gasteiger partial charge < -0.3 is 0 Å². The zero-order valence-electron chi connectivity index (χ0n) is 8.87. The van der Waals surface area contributed by atoms with Crippen LogP contribution in [0, 0.1) is 5.92 Å². The van der Waals surface area contributed by atoms with Crippen molar-refractivity contribution < 1.29 is 8.42 Å². The van der Waals surface area contributed by atoms with Crippen molar-refractivity contribution >= 4 is 44.6 Å². The van der Waals surface area contributed by atoms with Crippen LogP contribution >= 0.6 is 34.8 Å². The summed E-state index contributed by atoms with van der Waals surface area (Å²) in [4.78, 5) is 0. The summed E-state index contributed by atoms with van der Waals surface area (Å²) >= 11 is 18.2. The molecule has 0 N–H and O–H groups in total. The Morgan fingerprint density at radius 2 is 2.00 bits per heavy atom. The van der Waals surface area contributed by atoms with Crippen LogP contribution in [0.1, 0.15) is 17.4 Å². The molecule has 0 amide bonds. The zero-order chi connectivity index (χ0) is 12.6. The standard InChI is InChI=1S/C11H11Cl3O2S/c12-8-1-2-10(13)9(5-8)11(14)7-3-4-17(15,16)6-7/h1-2,5,7,11H,3-4,6H2. The third-order valence-electron chi connectivity index (χ3n) is 2.94. The van der Waals surface area contributed by atoms with Gasteiger partial charge in [0.1, 0.15) is 0 Å². The summed E-state index contributed by atoms with van der Waals surface area (Å²) < 4.78 is 22.8. The predicted octanol–water partition coefficient (Wildman–Crippen LogP) is 3.71. The van der Waals surface area contributed by atoms with Crippen LogP contribution in [0.15, 0.2) is 18.2 Å². The van der Waals surface area contributed by atoms with Gasteiger partial charge in [-0.2, -0.15) is 0 Å². The summed E-state index contributed by atoms with van der Waals surface area (Å²) in [5.74, 6) is 0.251. The van der Waals surface area contributed by atoms with Crippen molar-refractivity contribution in [3.05, 3.63) is 33.8 Å². The molecule has 1 fully saturated rings. The molecule has 6 heteroatoms. The van der Waals surface area contributed by atoms with E-state index in [1.54, 1.807) is 18.2 Å². The second kappa shape index (κ2) is 4.96. The minimum Gasteiger partial charge on any atom is -0.229 e. The minimum absolute atomic E-state index is 0.0855. The summed E-state index contributed by atoms with van der Waals surface area (Å²) in [7, 11) is -2.93. The Balaban J connectivity index is 2.26. The van der Waals surface area contributed by atoms with Gasteiger partial charge in [0, 0.05) is 10.0 Å². The molecule has 1 aliphatic rings. The summed E-state index contributed by atoms with van der Waals surface area (Å²) in [5, 5.41) is 0.674. The first-order valence-corrected chi connectivity index (χ1v) is 8.20. The van der Waals surface area contributed by atoms with Crippen molar-refractivity contribution in [1.82, 2.24) is 0 Å². The van der Waals surface area contributed by atoms with E-state index in [0.29, 0.717) is 22.0 Å². The van der Waals surface area contributed by atoms with E-state index in [1.165, 1.54) is 0 Å². The molecule has 1 heterocycles. The molecule has 1 aromatic carbocycles. The quantitative estimate of drug-likeness (QED) is 0.780. The van der Waals surface area contributed by atoms with E-state index >= 15 is 0 Å². The fourth-order valence-corrected chi connectivity index (χ4v) is 4.85. The van der Waals surface area contributed by atoms with Crippen LogP contribution in [-0.4, -0.2) is 19.9 Å². The highest BCUT2D eigenvalue weighted by Gasteiger charge is 2.34. The minimum atomic E-state index is -2.93. The lowest BCUT2D eigenvalue weighted by atomic mass is 9.98. The number of hydrogen-bond acceptors (Lipinski definition) is 2. The Labute approximate surface area is 116 Å². The second-order valence-corrected chi connectivity index (χ2v) is 7.77. The third-order valence-corrected chi connectivity index (χ3v) is 5.90. The third kappa shape index (κ3) is 3.08. The predicted molar refractivity (Wildman–Crippen MR) is 71.8 cm³/mol. The van der Waals surface area contributed by atoms with Crippen LogP contribution in [0.4, 0.5) is 0 Å². The van der Waals surface area contributed by atoms with Crippen molar-refractivity contribution in [1.29, 1.82) is 0 Å². The molecule has 1 saturated heterocycles. The fraction of sp³-hybridized carbons (Fsp3) is 0.455. The van der Waals surface area contributed by atoms with Crippen molar-refractivity contribution in [3.8, 4) is 0 Å². The number of sulfone groups is 1. The summed E-state index contributed by atoms with van der Waals surface area (Å²) in [6, 6.07) is 5.06. The summed E-state index contributed by atoms with van der Waals surface area (Å²) in [6.07, 6.45) is 0.583. The average molecular weight is 314 g/mol. The molecule has 0 spiro atoms. The lowest BCUT2D eigenvalue weighted by Gasteiger charge is -2.17. The topological polar surface area (TPSA) is 34.1 Å². The van der Waals surface area contributed by atoms with Crippen LogP contribution in [0.5, 0.6) is 0 Å². The van der Waals surface area contributed by atoms with Gasteiger partial charge in [0.2, 0.25) is 0 Å². The Kier molecular flexibility index (Phi) is 3.93. The number of benzene rings is 1. The van der Waals surface area contributed by atoms with Crippen LogP contribution in [-0.2, 0) is 9.84 Å². The number of halogens is 3. The van der Waals surface area contributed by atoms with Gasteiger partial charge in [-0.25, -0.2) is 8.42 Å². The smallest absolute Gasteiger partial charge is 0.150 e. The molecular formula is C11H11Cl3O2S. The maximum atomic E-state index is 11.4. The van der Waals surface area contributed by atoms with E-state index in [4.69, 9.17) is 34.8 Å². The average Bonchev–Trinajstić information content (AvgIpc) is 2.61. The molecule has 2 unspecified atom stereocenters. The maximum Gasteiger partial charge on any atom is 0.150 e. The molecule has 2 rings (SSSR count). The zero-order valence-corrected chi connectivity index (χ0v) is 12.0. The number of rotatable bonds is 2. The van der Waals surface area contributed by atoms with Gasteiger partial charge in [-0.1, -0.05) is 23.2 Å². The molecule has 2 nitrogen and oxygen atoms in total.